The largest absolute Gasteiger partial charge is 0.494 e. The van der Waals surface area contributed by atoms with Crippen molar-refractivity contribution in [3.63, 3.8) is 0 Å². The van der Waals surface area contributed by atoms with E-state index in [1.807, 2.05) is 74.5 Å². The maximum Gasteiger partial charge on any atom is 0.407 e. The Hall–Kier alpha value is -3.93. The first-order chi connectivity index (χ1) is 17.1. The molecular formula is C29H31NO5. The minimum atomic E-state index is -0.422. The maximum atomic E-state index is 11.6. The van der Waals surface area contributed by atoms with Crippen molar-refractivity contribution in [1.82, 2.24) is 5.32 Å². The van der Waals surface area contributed by atoms with Crippen LogP contribution in [0.4, 0.5) is 4.79 Å². The van der Waals surface area contributed by atoms with Gasteiger partial charge in [-0.15, -0.1) is 0 Å². The van der Waals surface area contributed by atoms with Gasteiger partial charge in [0.15, 0.2) is 0 Å². The highest BCUT2D eigenvalue weighted by molar-refractivity contribution is 5.94. The first-order valence-electron chi connectivity index (χ1n) is 11.9. The number of carbonyl (C=O) groups excluding carboxylic acids is 1. The van der Waals surface area contributed by atoms with Crippen LogP contribution in [0.25, 0.3) is 22.1 Å². The van der Waals surface area contributed by atoms with E-state index >= 15 is 0 Å². The van der Waals surface area contributed by atoms with Gasteiger partial charge in [-0.1, -0.05) is 42.5 Å². The lowest BCUT2D eigenvalue weighted by Crippen LogP contribution is -2.26. The lowest BCUT2D eigenvalue weighted by Gasteiger charge is -2.11. The topological polar surface area (TPSA) is 69.9 Å². The van der Waals surface area contributed by atoms with Gasteiger partial charge < -0.3 is 23.9 Å². The number of amides is 1. The molecule has 1 amide bonds. The van der Waals surface area contributed by atoms with Crippen molar-refractivity contribution in [2.24, 2.45) is 0 Å². The van der Waals surface area contributed by atoms with Gasteiger partial charge in [0.2, 0.25) is 0 Å². The van der Waals surface area contributed by atoms with Gasteiger partial charge in [0.1, 0.15) is 17.1 Å². The lowest BCUT2D eigenvalue weighted by atomic mass is 10.1. The first kappa shape index (κ1) is 24.2. The molecule has 1 aromatic heterocycles. The van der Waals surface area contributed by atoms with E-state index in [-0.39, 0.29) is 6.10 Å². The second-order valence-electron chi connectivity index (χ2n) is 8.53. The van der Waals surface area contributed by atoms with Gasteiger partial charge in [0, 0.05) is 23.6 Å². The minimum Gasteiger partial charge on any atom is -0.494 e. The van der Waals surface area contributed by atoms with Crippen molar-refractivity contribution in [2.45, 2.75) is 39.3 Å². The fourth-order valence-corrected chi connectivity index (χ4v) is 3.70. The standard InChI is InChI=1S/C29H31NO5/c1-21(2)35-29(31)30-19-22-9-8-12-24(17-22)32-15-6-7-16-33-25-13-14-26-27(20-34-28(26)18-25)23-10-4-3-5-11-23/h3-5,8-14,17-18,20-21H,6-7,15-16,19H2,1-2H3,(H,30,31). The van der Waals surface area contributed by atoms with Crippen molar-refractivity contribution < 1.29 is 23.4 Å². The van der Waals surface area contributed by atoms with Crippen LogP contribution in [-0.4, -0.2) is 25.4 Å². The molecule has 6 heteroatoms. The predicted octanol–water partition coefficient (Wildman–Crippen LogP) is 6.97. The number of alkyl carbamates (subject to hydrolysis) is 1. The maximum absolute atomic E-state index is 11.6. The summed E-state index contributed by atoms with van der Waals surface area (Å²) in [5, 5.41) is 3.81. The van der Waals surface area contributed by atoms with Crippen molar-refractivity contribution in [3.05, 3.63) is 84.6 Å². The molecule has 0 atom stereocenters. The third kappa shape index (κ3) is 7.03. The zero-order chi connectivity index (χ0) is 24.5. The van der Waals surface area contributed by atoms with E-state index in [1.54, 1.807) is 6.26 Å². The van der Waals surface area contributed by atoms with Crippen LogP contribution in [0.5, 0.6) is 11.5 Å². The van der Waals surface area contributed by atoms with Crippen LogP contribution in [0, 0.1) is 0 Å². The number of nitrogens with one attached hydrogen (secondary N) is 1. The van der Waals surface area contributed by atoms with Gasteiger partial charge in [-0.3, -0.25) is 0 Å². The number of benzene rings is 3. The summed E-state index contributed by atoms with van der Waals surface area (Å²) < 4.78 is 22.6. The fourth-order valence-electron chi connectivity index (χ4n) is 3.70. The van der Waals surface area contributed by atoms with E-state index in [0.717, 1.165) is 52.0 Å². The highest BCUT2D eigenvalue weighted by Gasteiger charge is 2.09. The van der Waals surface area contributed by atoms with Crippen LogP contribution < -0.4 is 14.8 Å². The number of furan rings is 1. The number of rotatable bonds is 11. The highest BCUT2D eigenvalue weighted by Crippen LogP contribution is 2.32. The van der Waals surface area contributed by atoms with Crippen LogP contribution in [0.2, 0.25) is 0 Å². The van der Waals surface area contributed by atoms with Crippen LogP contribution in [0.15, 0.2) is 83.5 Å². The Bertz CT molecular complexity index is 1230. The molecule has 35 heavy (non-hydrogen) atoms. The molecule has 0 spiro atoms. The second-order valence-corrected chi connectivity index (χ2v) is 8.53. The summed E-state index contributed by atoms with van der Waals surface area (Å²) >= 11 is 0. The summed E-state index contributed by atoms with van der Waals surface area (Å²) in [6.45, 7) is 5.22. The van der Waals surface area contributed by atoms with Gasteiger partial charge in [-0.05, 0) is 62.1 Å². The van der Waals surface area contributed by atoms with E-state index < -0.39 is 6.09 Å². The van der Waals surface area contributed by atoms with Crippen LogP contribution in [-0.2, 0) is 11.3 Å². The van der Waals surface area contributed by atoms with Crippen LogP contribution >= 0.6 is 0 Å². The zero-order valence-corrected chi connectivity index (χ0v) is 20.2. The molecule has 0 bridgehead atoms. The molecule has 1 heterocycles. The Labute approximate surface area is 205 Å². The first-order valence-corrected chi connectivity index (χ1v) is 11.9. The molecule has 0 aliphatic rings. The molecule has 0 unspecified atom stereocenters. The normalized spacial score (nSPS) is 10.9. The summed E-state index contributed by atoms with van der Waals surface area (Å²) in [5.74, 6) is 1.57. The highest BCUT2D eigenvalue weighted by atomic mass is 16.6. The van der Waals surface area contributed by atoms with Crippen molar-refractivity contribution in [2.75, 3.05) is 13.2 Å². The van der Waals surface area contributed by atoms with Crippen molar-refractivity contribution in [3.8, 4) is 22.6 Å². The predicted molar refractivity (Wildman–Crippen MR) is 137 cm³/mol. The van der Waals surface area contributed by atoms with Gasteiger partial charge in [-0.25, -0.2) is 4.79 Å². The Balaban J connectivity index is 1.18. The molecular weight excluding hydrogens is 442 g/mol. The van der Waals surface area contributed by atoms with E-state index in [1.165, 1.54) is 0 Å². The summed E-state index contributed by atoms with van der Waals surface area (Å²) in [6.07, 6.45) is 2.96. The molecule has 4 aromatic rings. The number of fused-ring (bicyclic) bond motifs is 1. The van der Waals surface area contributed by atoms with Gasteiger partial charge in [0.25, 0.3) is 0 Å². The number of carbonyl (C=O) groups is 1. The number of unbranched alkanes of at least 4 members (excludes halogenated alkanes) is 1. The Morgan fingerprint density at radius 3 is 2.37 bits per heavy atom. The van der Waals surface area contributed by atoms with Crippen molar-refractivity contribution >= 4 is 17.1 Å². The molecule has 4 rings (SSSR count). The zero-order valence-electron chi connectivity index (χ0n) is 20.2. The SMILES string of the molecule is CC(C)OC(=O)NCc1cccc(OCCCCOc2ccc3c(-c4ccccc4)coc3c2)c1. The summed E-state index contributed by atoms with van der Waals surface area (Å²) in [7, 11) is 0. The molecule has 0 saturated carbocycles. The van der Waals surface area contributed by atoms with Crippen LogP contribution in [0.3, 0.4) is 0 Å². The molecule has 6 nitrogen and oxygen atoms in total. The van der Waals surface area contributed by atoms with E-state index in [4.69, 9.17) is 18.6 Å². The van der Waals surface area contributed by atoms with Gasteiger partial charge in [0.05, 0.1) is 25.6 Å². The average Bonchev–Trinajstić information content (AvgIpc) is 3.29. The molecule has 182 valence electrons. The molecule has 0 fully saturated rings. The summed E-state index contributed by atoms with van der Waals surface area (Å²) in [5.41, 5.74) is 3.99. The van der Waals surface area contributed by atoms with E-state index in [2.05, 4.69) is 17.4 Å². The minimum absolute atomic E-state index is 0.144. The molecule has 0 aliphatic heterocycles. The average molecular weight is 474 g/mol. The fraction of sp³-hybridized carbons (Fsp3) is 0.276. The number of ether oxygens (including phenoxy) is 3. The second kappa shape index (κ2) is 12.0. The molecule has 1 N–H and O–H groups in total. The Morgan fingerprint density at radius 1 is 0.886 bits per heavy atom. The Morgan fingerprint density at radius 2 is 1.63 bits per heavy atom. The van der Waals surface area contributed by atoms with Crippen molar-refractivity contribution in [1.29, 1.82) is 0 Å². The van der Waals surface area contributed by atoms with E-state index in [0.29, 0.717) is 19.8 Å². The quantitative estimate of drug-likeness (QED) is 0.238. The van der Waals surface area contributed by atoms with E-state index in [9.17, 15) is 4.79 Å². The summed E-state index contributed by atoms with van der Waals surface area (Å²) in [4.78, 5) is 11.6. The Kier molecular flexibility index (Phi) is 8.28. The molecule has 0 radical (unpaired) electrons. The summed E-state index contributed by atoms with van der Waals surface area (Å²) in [6, 6.07) is 23.9. The molecule has 3 aromatic carbocycles. The van der Waals surface area contributed by atoms with Gasteiger partial charge >= 0.3 is 6.09 Å². The molecule has 0 aliphatic carbocycles. The lowest BCUT2D eigenvalue weighted by molar-refractivity contribution is 0.115. The smallest absolute Gasteiger partial charge is 0.407 e. The third-order valence-corrected chi connectivity index (χ3v) is 5.39. The molecule has 0 saturated heterocycles. The van der Waals surface area contributed by atoms with Gasteiger partial charge in [-0.2, -0.15) is 0 Å². The third-order valence-electron chi connectivity index (χ3n) is 5.39. The number of hydrogen-bond donors (Lipinski definition) is 1. The van der Waals surface area contributed by atoms with Crippen LogP contribution in [0.1, 0.15) is 32.3 Å². The number of hydrogen-bond acceptors (Lipinski definition) is 5. The monoisotopic (exact) mass is 473 g/mol.